The summed E-state index contributed by atoms with van der Waals surface area (Å²) in [6.07, 6.45) is 0. The van der Waals surface area contributed by atoms with Gasteiger partial charge in [0.2, 0.25) is 0 Å². The predicted molar refractivity (Wildman–Crippen MR) is 223 cm³/mol. The molecule has 52 heavy (non-hydrogen) atoms. The van der Waals surface area contributed by atoms with Gasteiger partial charge in [-0.2, -0.15) is 0 Å². The number of rotatable bonds is 7. The van der Waals surface area contributed by atoms with Crippen LogP contribution in [0.15, 0.2) is 200 Å². The summed E-state index contributed by atoms with van der Waals surface area (Å²) < 4.78 is 5.05. The number of anilines is 6. The van der Waals surface area contributed by atoms with Gasteiger partial charge in [0.25, 0.3) is 0 Å². The van der Waals surface area contributed by atoms with Crippen molar-refractivity contribution >= 4 is 87.4 Å². The summed E-state index contributed by atoms with van der Waals surface area (Å²) in [5.74, 6) is 0. The van der Waals surface area contributed by atoms with Crippen molar-refractivity contribution in [1.82, 2.24) is 4.57 Å². The summed E-state index contributed by atoms with van der Waals surface area (Å²) in [6, 6.07) is 72.0. The van der Waals surface area contributed by atoms with Crippen LogP contribution in [0.5, 0.6) is 0 Å². The molecule has 0 aliphatic carbocycles. The molecule has 0 amide bonds. The summed E-state index contributed by atoms with van der Waals surface area (Å²) in [5.41, 5.74) is 10.2. The van der Waals surface area contributed by atoms with Crippen LogP contribution in [0.1, 0.15) is 0 Å². The Bertz CT molecular complexity index is 2760. The van der Waals surface area contributed by atoms with Gasteiger partial charge in [-0.05, 0) is 103 Å². The minimum Gasteiger partial charge on any atom is -0.310 e. The first-order chi connectivity index (χ1) is 25.8. The van der Waals surface area contributed by atoms with Gasteiger partial charge >= 0.3 is 0 Å². The van der Waals surface area contributed by atoms with Gasteiger partial charge in [-0.15, -0.1) is 11.3 Å². The van der Waals surface area contributed by atoms with Gasteiger partial charge in [-0.3, -0.25) is 0 Å². The number of fused-ring (bicyclic) bond motifs is 6. The lowest BCUT2D eigenvalue weighted by molar-refractivity contribution is 1.17. The van der Waals surface area contributed by atoms with E-state index in [2.05, 4.69) is 215 Å². The molecule has 0 aliphatic rings. The highest BCUT2D eigenvalue weighted by Crippen LogP contribution is 2.44. The largest absolute Gasteiger partial charge is 0.310 e. The van der Waals surface area contributed by atoms with Crippen LogP contribution in [0.2, 0.25) is 0 Å². The maximum absolute atomic E-state index is 2.45. The monoisotopic (exact) mass is 683 g/mol. The van der Waals surface area contributed by atoms with Crippen molar-refractivity contribution in [2.45, 2.75) is 0 Å². The predicted octanol–water partition coefficient (Wildman–Crippen LogP) is 14.1. The SMILES string of the molecule is c1ccc(N(c2ccccc2)c2cccc(-n3c4ccc(N(c5ccccc5)c5ccccc5)cc4c4cc5c(cc43)sc3ccccc35)c2)cc1. The van der Waals surface area contributed by atoms with Gasteiger partial charge in [0.1, 0.15) is 0 Å². The lowest BCUT2D eigenvalue weighted by Gasteiger charge is -2.26. The van der Waals surface area contributed by atoms with Crippen LogP contribution in [0.3, 0.4) is 0 Å². The molecule has 0 N–H and O–H groups in total. The number of thiophene rings is 1. The van der Waals surface area contributed by atoms with E-state index in [1.807, 2.05) is 11.3 Å². The molecule has 2 heterocycles. The van der Waals surface area contributed by atoms with E-state index >= 15 is 0 Å². The van der Waals surface area contributed by atoms with Gasteiger partial charge in [0, 0.05) is 70.8 Å². The molecule has 0 radical (unpaired) electrons. The normalized spacial score (nSPS) is 11.5. The van der Waals surface area contributed by atoms with E-state index in [-0.39, 0.29) is 0 Å². The smallest absolute Gasteiger partial charge is 0.0555 e. The number of nitrogens with zero attached hydrogens (tertiary/aromatic N) is 3. The molecule has 4 heteroatoms. The second-order valence-corrected chi connectivity index (χ2v) is 14.1. The number of hydrogen-bond donors (Lipinski definition) is 0. The molecule has 10 aromatic rings. The van der Waals surface area contributed by atoms with Gasteiger partial charge < -0.3 is 14.4 Å². The average Bonchev–Trinajstić information content (AvgIpc) is 3.73. The van der Waals surface area contributed by atoms with E-state index in [1.54, 1.807) is 0 Å². The lowest BCUT2D eigenvalue weighted by Crippen LogP contribution is -2.10. The quantitative estimate of drug-likeness (QED) is 0.166. The van der Waals surface area contributed by atoms with Gasteiger partial charge in [-0.1, -0.05) is 97.1 Å². The molecule has 8 aromatic carbocycles. The highest BCUT2D eigenvalue weighted by atomic mass is 32.1. The molecule has 0 saturated heterocycles. The summed E-state index contributed by atoms with van der Waals surface area (Å²) in [5, 5.41) is 5.06. The van der Waals surface area contributed by atoms with Crippen LogP contribution < -0.4 is 9.80 Å². The van der Waals surface area contributed by atoms with E-state index in [9.17, 15) is 0 Å². The highest BCUT2D eigenvalue weighted by molar-refractivity contribution is 7.25. The van der Waals surface area contributed by atoms with Crippen molar-refractivity contribution in [3.8, 4) is 5.69 Å². The number of aromatic nitrogens is 1. The van der Waals surface area contributed by atoms with Gasteiger partial charge in [0.05, 0.1) is 11.0 Å². The Labute approximate surface area is 306 Å². The van der Waals surface area contributed by atoms with Crippen molar-refractivity contribution in [1.29, 1.82) is 0 Å². The number of hydrogen-bond acceptors (Lipinski definition) is 3. The third kappa shape index (κ3) is 5.12. The third-order valence-electron chi connectivity index (χ3n) is 9.91. The average molecular weight is 684 g/mol. The molecular weight excluding hydrogens is 651 g/mol. The van der Waals surface area contributed by atoms with Crippen LogP contribution in [0.4, 0.5) is 34.1 Å². The van der Waals surface area contributed by atoms with E-state index in [0.29, 0.717) is 0 Å². The fraction of sp³-hybridized carbons (Fsp3) is 0. The first-order valence-electron chi connectivity index (χ1n) is 17.6. The van der Waals surface area contributed by atoms with Gasteiger partial charge in [0.15, 0.2) is 0 Å². The lowest BCUT2D eigenvalue weighted by atomic mass is 10.1. The molecule has 10 rings (SSSR count). The molecule has 0 fully saturated rings. The van der Waals surface area contributed by atoms with Crippen LogP contribution in [-0.4, -0.2) is 4.57 Å². The second kappa shape index (κ2) is 12.6. The molecule has 0 atom stereocenters. The molecule has 3 nitrogen and oxygen atoms in total. The first kappa shape index (κ1) is 30.2. The number of benzene rings is 8. The zero-order chi connectivity index (χ0) is 34.4. The van der Waals surface area contributed by atoms with Crippen molar-refractivity contribution in [2.24, 2.45) is 0 Å². The van der Waals surface area contributed by atoms with Crippen LogP contribution in [0.25, 0.3) is 47.7 Å². The Morgan fingerprint density at radius 1 is 0.308 bits per heavy atom. The van der Waals surface area contributed by atoms with E-state index < -0.39 is 0 Å². The minimum absolute atomic E-state index is 1.10. The number of para-hydroxylation sites is 4. The standard InChI is InChI=1S/C48H33N3S/c1-5-16-34(17-6-1)49(35-18-7-2-8-19-35)38-24-15-25-39(30-38)51-45-29-28-40(50(36-20-9-3-10-21-36)37-22-11-4-12-23-37)31-42(45)43-32-44-41-26-13-14-27-47(41)52-48(44)33-46(43)51/h1-33H. The summed E-state index contributed by atoms with van der Waals surface area (Å²) in [4.78, 5) is 4.68. The van der Waals surface area contributed by atoms with Crippen LogP contribution >= 0.6 is 11.3 Å². The Kier molecular flexibility index (Phi) is 7.33. The fourth-order valence-corrected chi connectivity index (χ4v) is 8.74. The maximum Gasteiger partial charge on any atom is 0.0555 e. The Morgan fingerprint density at radius 3 is 1.40 bits per heavy atom. The van der Waals surface area contributed by atoms with Gasteiger partial charge in [-0.25, -0.2) is 0 Å². The summed E-state index contributed by atoms with van der Waals surface area (Å²) in [7, 11) is 0. The molecule has 2 aromatic heterocycles. The maximum atomic E-state index is 2.45. The molecule has 0 unspecified atom stereocenters. The molecule has 0 spiro atoms. The zero-order valence-corrected chi connectivity index (χ0v) is 29.1. The van der Waals surface area contributed by atoms with Crippen molar-refractivity contribution in [3.05, 3.63) is 200 Å². The molecule has 0 bridgehead atoms. The van der Waals surface area contributed by atoms with Crippen molar-refractivity contribution in [2.75, 3.05) is 9.80 Å². The highest BCUT2D eigenvalue weighted by Gasteiger charge is 2.20. The summed E-state index contributed by atoms with van der Waals surface area (Å²) in [6.45, 7) is 0. The Balaban J connectivity index is 1.23. The summed E-state index contributed by atoms with van der Waals surface area (Å²) >= 11 is 1.87. The molecule has 0 saturated carbocycles. The zero-order valence-electron chi connectivity index (χ0n) is 28.3. The van der Waals surface area contributed by atoms with Crippen LogP contribution in [-0.2, 0) is 0 Å². The van der Waals surface area contributed by atoms with E-state index in [1.165, 1.54) is 42.0 Å². The molecule has 0 aliphatic heterocycles. The Hall–Kier alpha value is -6.62. The molecule has 246 valence electrons. The molecular formula is C48H33N3S. The third-order valence-corrected chi connectivity index (χ3v) is 11.0. The fourth-order valence-electron chi connectivity index (χ4n) is 7.62. The Morgan fingerprint density at radius 2 is 0.808 bits per heavy atom. The topological polar surface area (TPSA) is 11.4 Å². The second-order valence-electron chi connectivity index (χ2n) is 13.0. The first-order valence-corrected chi connectivity index (χ1v) is 18.4. The van der Waals surface area contributed by atoms with Crippen molar-refractivity contribution < 1.29 is 0 Å². The van der Waals surface area contributed by atoms with Crippen molar-refractivity contribution in [3.63, 3.8) is 0 Å². The van der Waals surface area contributed by atoms with E-state index in [0.717, 1.165) is 39.8 Å². The van der Waals surface area contributed by atoms with Crippen LogP contribution in [0, 0.1) is 0 Å². The van der Waals surface area contributed by atoms with E-state index in [4.69, 9.17) is 0 Å². The minimum atomic E-state index is 1.10.